The molecule has 0 radical (unpaired) electrons. The van der Waals surface area contributed by atoms with Crippen molar-refractivity contribution in [1.29, 1.82) is 0 Å². The third kappa shape index (κ3) is 3.89. The van der Waals surface area contributed by atoms with Crippen LogP contribution >= 0.6 is 0 Å². The van der Waals surface area contributed by atoms with Gasteiger partial charge in [-0.1, -0.05) is 48.5 Å². The van der Waals surface area contributed by atoms with Crippen molar-refractivity contribution in [3.05, 3.63) is 90.1 Å². The first-order valence-corrected chi connectivity index (χ1v) is 7.50. The number of anilines is 1. The number of benzene rings is 2. The molecule has 3 rings (SSSR count). The zero-order valence-corrected chi connectivity index (χ0v) is 12.9. The van der Waals surface area contributed by atoms with Crippen molar-refractivity contribution in [1.82, 2.24) is 0 Å². The smallest absolute Gasteiger partial charge is 0.417 e. The summed E-state index contributed by atoms with van der Waals surface area (Å²) in [6, 6.07) is 21.8. The van der Waals surface area contributed by atoms with E-state index in [0.717, 1.165) is 10.3 Å². The third-order valence-electron chi connectivity index (χ3n) is 3.42. The number of amides is 1. The number of pyridine rings is 1. The van der Waals surface area contributed by atoms with Crippen LogP contribution in [0.4, 0.5) is 5.69 Å². The molecule has 0 saturated heterocycles. The van der Waals surface area contributed by atoms with Gasteiger partial charge in [-0.05, 0) is 23.8 Å². The number of hydrogen-bond acceptors (Lipinski definition) is 3. The van der Waals surface area contributed by atoms with Gasteiger partial charge in [-0.15, -0.1) is 0 Å². The fraction of sp³-hybridized carbons (Fsp3) is 0.0526. The Hall–Kier alpha value is -3.34. The molecule has 0 aliphatic heterocycles. The maximum absolute atomic E-state index is 12.1. The van der Waals surface area contributed by atoms with Crippen LogP contribution in [0.2, 0.25) is 0 Å². The van der Waals surface area contributed by atoms with Crippen molar-refractivity contribution >= 4 is 11.6 Å². The first-order chi connectivity index (χ1) is 11.7. The van der Waals surface area contributed by atoms with Crippen molar-refractivity contribution in [2.45, 2.75) is 6.61 Å². The second kappa shape index (κ2) is 7.28. The lowest BCUT2D eigenvalue weighted by molar-refractivity contribution is -0.906. The number of nitrogens with zero attached hydrogens (tertiary/aromatic N) is 1. The molecule has 3 aromatic rings. The van der Waals surface area contributed by atoms with E-state index in [4.69, 9.17) is 4.74 Å². The van der Waals surface area contributed by atoms with E-state index in [0.29, 0.717) is 17.9 Å². The highest BCUT2D eigenvalue weighted by Crippen LogP contribution is 2.12. The molecule has 120 valence electrons. The number of nitrogens with one attached hydrogen (secondary N) is 1. The lowest BCUT2D eigenvalue weighted by Gasteiger charge is -2.05. The number of carbonyl (C=O) groups is 1. The number of carbonyl (C=O) groups excluding carboxylic acids is 1. The molecule has 1 amide bonds. The maximum Gasteiger partial charge on any atom is 0.417 e. The summed E-state index contributed by atoms with van der Waals surface area (Å²) in [5, 5.41) is 12.7. The van der Waals surface area contributed by atoms with Gasteiger partial charge < -0.3 is 10.1 Å². The number of hydrogen-bond donors (Lipinski definition) is 2. The van der Waals surface area contributed by atoms with Crippen molar-refractivity contribution in [2.75, 3.05) is 5.32 Å². The molecule has 5 heteroatoms. The van der Waals surface area contributed by atoms with E-state index in [1.807, 2.05) is 36.4 Å². The quantitative estimate of drug-likeness (QED) is 0.561. The van der Waals surface area contributed by atoms with Crippen LogP contribution in [-0.2, 0) is 6.61 Å². The summed E-state index contributed by atoms with van der Waals surface area (Å²) in [6.45, 7) is 0.344. The Morgan fingerprint density at radius 2 is 1.62 bits per heavy atom. The molecule has 2 N–H and O–H groups in total. The van der Waals surface area contributed by atoms with Crippen LogP contribution in [0.1, 0.15) is 15.9 Å². The van der Waals surface area contributed by atoms with Crippen LogP contribution < -0.4 is 14.8 Å². The van der Waals surface area contributed by atoms with E-state index >= 15 is 0 Å². The van der Waals surface area contributed by atoms with Gasteiger partial charge in [0.1, 0.15) is 12.3 Å². The molecule has 2 aromatic carbocycles. The fourth-order valence-corrected chi connectivity index (χ4v) is 2.19. The van der Waals surface area contributed by atoms with Gasteiger partial charge in [0.05, 0.1) is 6.07 Å². The Labute approximate surface area is 139 Å². The molecule has 0 saturated carbocycles. The molecule has 0 aliphatic carbocycles. The highest BCUT2D eigenvalue weighted by molar-refractivity contribution is 6.04. The predicted octanol–water partition coefficient (Wildman–Crippen LogP) is 3.04. The lowest BCUT2D eigenvalue weighted by Crippen LogP contribution is -2.32. The second-order valence-electron chi connectivity index (χ2n) is 5.20. The molecule has 1 heterocycles. The summed E-state index contributed by atoms with van der Waals surface area (Å²) in [6.07, 6.45) is 1.39. The minimum Gasteiger partial charge on any atom is -0.436 e. The third-order valence-corrected chi connectivity index (χ3v) is 3.42. The second-order valence-corrected chi connectivity index (χ2v) is 5.20. The summed E-state index contributed by atoms with van der Waals surface area (Å²) in [4.78, 5) is 12.1. The zero-order chi connectivity index (χ0) is 16.8. The molecule has 5 nitrogen and oxygen atoms in total. The first-order valence-electron chi connectivity index (χ1n) is 7.50. The van der Waals surface area contributed by atoms with Gasteiger partial charge in [0.25, 0.3) is 5.91 Å². The summed E-state index contributed by atoms with van der Waals surface area (Å²) in [5.41, 5.74) is 2.02. The van der Waals surface area contributed by atoms with E-state index in [1.165, 1.54) is 6.20 Å². The molecular weight excluding hydrogens is 304 g/mol. The van der Waals surface area contributed by atoms with Crippen LogP contribution in [0.25, 0.3) is 0 Å². The highest BCUT2D eigenvalue weighted by Gasteiger charge is 2.15. The van der Waals surface area contributed by atoms with Gasteiger partial charge in [0.2, 0.25) is 6.20 Å². The average molecular weight is 321 g/mol. The largest absolute Gasteiger partial charge is 0.436 e. The van der Waals surface area contributed by atoms with Crippen molar-refractivity contribution < 1.29 is 19.5 Å². The van der Waals surface area contributed by atoms with E-state index in [1.54, 1.807) is 36.4 Å². The first kappa shape index (κ1) is 15.6. The molecule has 0 atom stereocenters. The monoisotopic (exact) mass is 321 g/mol. The summed E-state index contributed by atoms with van der Waals surface area (Å²) in [5.74, 6) is 0.0464. The highest BCUT2D eigenvalue weighted by atomic mass is 16.5. The van der Waals surface area contributed by atoms with Gasteiger partial charge in [-0.25, -0.2) is 0 Å². The molecule has 0 aliphatic rings. The summed E-state index contributed by atoms with van der Waals surface area (Å²) in [7, 11) is 0. The molecule has 0 unspecified atom stereocenters. The molecule has 0 bridgehead atoms. The summed E-state index contributed by atoms with van der Waals surface area (Å²) < 4.78 is 6.42. The van der Waals surface area contributed by atoms with Crippen LogP contribution in [0.3, 0.4) is 0 Å². The number of ether oxygens (including phenoxy) is 1. The van der Waals surface area contributed by atoms with E-state index in [-0.39, 0.29) is 11.8 Å². The minimum atomic E-state index is -0.242. The Bertz CT molecular complexity index is 821. The number of aromatic nitrogens is 1. The Morgan fingerprint density at radius 3 is 2.29 bits per heavy atom. The van der Waals surface area contributed by atoms with Crippen LogP contribution in [-0.4, -0.2) is 11.1 Å². The maximum atomic E-state index is 12.1. The van der Waals surface area contributed by atoms with Crippen molar-refractivity contribution in [3.63, 3.8) is 0 Å². The van der Waals surface area contributed by atoms with Gasteiger partial charge in [0, 0.05) is 10.3 Å². The van der Waals surface area contributed by atoms with E-state index in [2.05, 4.69) is 5.32 Å². The molecular formula is C19H17N2O3+. The molecule has 0 spiro atoms. The van der Waals surface area contributed by atoms with E-state index < -0.39 is 0 Å². The lowest BCUT2D eigenvalue weighted by atomic mass is 10.2. The van der Waals surface area contributed by atoms with E-state index in [9.17, 15) is 10.0 Å². The van der Waals surface area contributed by atoms with Crippen molar-refractivity contribution in [2.24, 2.45) is 0 Å². The number of rotatable bonds is 5. The minimum absolute atomic E-state index is 0.242. The molecule has 0 fully saturated rings. The van der Waals surface area contributed by atoms with Gasteiger partial charge >= 0.3 is 5.88 Å². The normalized spacial score (nSPS) is 10.2. The van der Waals surface area contributed by atoms with Gasteiger partial charge in [-0.2, -0.15) is 0 Å². The topological polar surface area (TPSA) is 62.4 Å². The standard InChI is InChI=1S/C19H16N2O3/c22-19(16-9-5-2-6-10-16)20-17-11-12-18(21(23)13-17)24-14-15-7-3-1-4-8-15/h1-13H,14H2,(H-,20,22,23)/p+1. The fourth-order valence-electron chi connectivity index (χ4n) is 2.19. The molecule has 1 aromatic heterocycles. The van der Waals surface area contributed by atoms with Crippen LogP contribution in [0.5, 0.6) is 5.88 Å². The molecule has 24 heavy (non-hydrogen) atoms. The Kier molecular flexibility index (Phi) is 4.72. The van der Waals surface area contributed by atoms with Gasteiger partial charge in [0.15, 0.2) is 0 Å². The Balaban J connectivity index is 1.65. The van der Waals surface area contributed by atoms with Crippen molar-refractivity contribution in [3.8, 4) is 5.88 Å². The summed E-state index contributed by atoms with van der Waals surface area (Å²) >= 11 is 0. The SMILES string of the molecule is O=C(Nc1ccc(OCc2ccccc2)[n+](O)c1)c1ccccc1. The predicted molar refractivity (Wildman–Crippen MR) is 89.0 cm³/mol. The average Bonchev–Trinajstić information content (AvgIpc) is 2.62. The van der Waals surface area contributed by atoms with Crippen LogP contribution in [0.15, 0.2) is 79.0 Å². The van der Waals surface area contributed by atoms with Crippen LogP contribution in [0, 0.1) is 0 Å². The Morgan fingerprint density at radius 1 is 0.958 bits per heavy atom. The van der Waals surface area contributed by atoms with Gasteiger partial charge in [-0.3, -0.25) is 10.0 Å². The zero-order valence-electron chi connectivity index (χ0n) is 12.9.